The lowest BCUT2D eigenvalue weighted by atomic mass is 10.1. The van der Waals surface area contributed by atoms with Crippen LogP contribution in [0.2, 0.25) is 0 Å². The van der Waals surface area contributed by atoms with Gasteiger partial charge in [-0.15, -0.1) is 16.4 Å². The van der Waals surface area contributed by atoms with Crippen LogP contribution in [0.1, 0.15) is 33.9 Å². The van der Waals surface area contributed by atoms with E-state index in [-0.39, 0.29) is 12.0 Å². The molecule has 3 heterocycles. The molecule has 7 heteroatoms. The third kappa shape index (κ3) is 3.24. The van der Waals surface area contributed by atoms with Crippen molar-refractivity contribution < 1.29 is 9.53 Å². The van der Waals surface area contributed by atoms with Crippen LogP contribution in [0.25, 0.3) is 0 Å². The molecule has 0 N–H and O–H groups in total. The zero-order valence-electron chi connectivity index (χ0n) is 12.7. The van der Waals surface area contributed by atoms with Crippen LogP contribution in [0, 0.1) is 13.8 Å². The fourth-order valence-corrected chi connectivity index (χ4v) is 3.26. The first-order chi connectivity index (χ1) is 10.6. The maximum Gasteiger partial charge on any atom is 0.265 e. The first-order valence-electron chi connectivity index (χ1n) is 7.30. The van der Waals surface area contributed by atoms with E-state index < -0.39 is 0 Å². The largest absolute Gasteiger partial charge is 0.471 e. The third-order valence-electron chi connectivity index (χ3n) is 3.67. The lowest BCUT2D eigenvalue weighted by Crippen LogP contribution is -2.44. The predicted molar refractivity (Wildman–Crippen MR) is 83.2 cm³/mol. The van der Waals surface area contributed by atoms with Crippen LogP contribution in [0.15, 0.2) is 17.6 Å². The minimum absolute atomic E-state index is 0.0390. The molecule has 1 atom stereocenters. The molecule has 1 aliphatic rings. The van der Waals surface area contributed by atoms with E-state index >= 15 is 0 Å². The summed E-state index contributed by atoms with van der Waals surface area (Å²) < 4.78 is 5.86. The topological polar surface area (TPSA) is 68.2 Å². The number of thiazole rings is 1. The Balaban J connectivity index is 1.65. The molecule has 0 spiro atoms. The minimum Gasteiger partial charge on any atom is -0.471 e. The van der Waals surface area contributed by atoms with Gasteiger partial charge in [-0.1, -0.05) is 0 Å². The molecular weight excluding hydrogens is 300 g/mol. The van der Waals surface area contributed by atoms with Gasteiger partial charge in [0.2, 0.25) is 5.88 Å². The monoisotopic (exact) mass is 318 g/mol. The van der Waals surface area contributed by atoms with Crippen molar-refractivity contribution in [1.82, 2.24) is 20.1 Å². The average Bonchev–Trinajstić information content (AvgIpc) is 2.95. The summed E-state index contributed by atoms with van der Waals surface area (Å²) in [6.45, 7) is 5.08. The van der Waals surface area contributed by atoms with Crippen LogP contribution in [0.4, 0.5) is 0 Å². The van der Waals surface area contributed by atoms with Crippen molar-refractivity contribution in [3.63, 3.8) is 0 Å². The van der Waals surface area contributed by atoms with Gasteiger partial charge < -0.3 is 9.64 Å². The lowest BCUT2D eigenvalue weighted by molar-refractivity contribution is 0.0529. The van der Waals surface area contributed by atoms with Gasteiger partial charge in [-0.2, -0.15) is 5.10 Å². The molecule has 1 saturated heterocycles. The Morgan fingerprint density at radius 1 is 1.36 bits per heavy atom. The molecule has 1 fully saturated rings. The van der Waals surface area contributed by atoms with Crippen LogP contribution < -0.4 is 4.74 Å². The Morgan fingerprint density at radius 3 is 2.91 bits per heavy atom. The van der Waals surface area contributed by atoms with Gasteiger partial charge in [0.05, 0.1) is 23.4 Å². The Kier molecular flexibility index (Phi) is 4.33. The molecule has 0 unspecified atom stereocenters. The van der Waals surface area contributed by atoms with Crippen LogP contribution in [-0.4, -0.2) is 45.2 Å². The maximum absolute atomic E-state index is 12.5. The van der Waals surface area contributed by atoms with Crippen LogP contribution >= 0.6 is 11.3 Å². The van der Waals surface area contributed by atoms with Gasteiger partial charge in [-0.05, 0) is 32.8 Å². The number of ether oxygens (including phenoxy) is 1. The van der Waals surface area contributed by atoms with Gasteiger partial charge in [0, 0.05) is 12.6 Å². The Hall–Kier alpha value is -2.02. The second-order valence-corrected chi connectivity index (χ2v) is 6.27. The maximum atomic E-state index is 12.5. The second kappa shape index (κ2) is 6.39. The molecule has 0 aromatic carbocycles. The van der Waals surface area contributed by atoms with Crippen molar-refractivity contribution >= 4 is 17.2 Å². The summed E-state index contributed by atoms with van der Waals surface area (Å²) >= 11 is 1.39. The summed E-state index contributed by atoms with van der Waals surface area (Å²) in [4.78, 5) is 19.2. The van der Waals surface area contributed by atoms with Crippen LogP contribution in [0.5, 0.6) is 5.88 Å². The standard InChI is InChI=1S/C15H18N4O2S/c1-10-5-6-13(18-17-10)21-12-4-3-7-19(8-12)15(20)14-11(2)16-9-22-14/h5-6,9,12H,3-4,7-8H2,1-2H3/t12-/m1/s1. The van der Waals surface area contributed by atoms with Crippen molar-refractivity contribution in [2.24, 2.45) is 0 Å². The quantitative estimate of drug-likeness (QED) is 0.868. The van der Waals surface area contributed by atoms with Gasteiger partial charge >= 0.3 is 0 Å². The average molecular weight is 318 g/mol. The molecule has 22 heavy (non-hydrogen) atoms. The third-order valence-corrected chi connectivity index (χ3v) is 4.58. The minimum atomic E-state index is -0.0390. The Morgan fingerprint density at radius 2 is 2.23 bits per heavy atom. The van der Waals surface area contributed by atoms with Crippen molar-refractivity contribution in [2.75, 3.05) is 13.1 Å². The zero-order chi connectivity index (χ0) is 15.5. The Bertz CT molecular complexity index is 656. The predicted octanol–water partition coefficient (Wildman–Crippen LogP) is 2.23. The number of carbonyl (C=O) groups is 1. The van der Waals surface area contributed by atoms with Gasteiger partial charge in [-0.25, -0.2) is 4.98 Å². The van der Waals surface area contributed by atoms with Gasteiger partial charge in [-0.3, -0.25) is 4.79 Å². The summed E-state index contributed by atoms with van der Waals surface area (Å²) in [5.41, 5.74) is 3.36. The zero-order valence-corrected chi connectivity index (χ0v) is 13.5. The molecule has 0 saturated carbocycles. The van der Waals surface area contributed by atoms with E-state index in [1.165, 1.54) is 11.3 Å². The number of hydrogen-bond acceptors (Lipinski definition) is 6. The number of piperidine rings is 1. The van der Waals surface area contributed by atoms with Gasteiger partial charge in [0.25, 0.3) is 5.91 Å². The van der Waals surface area contributed by atoms with Crippen molar-refractivity contribution in [3.8, 4) is 5.88 Å². The number of rotatable bonds is 3. The van der Waals surface area contributed by atoms with Crippen molar-refractivity contribution in [2.45, 2.75) is 32.8 Å². The molecule has 6 nitrogen and oxygen atoms in total. The molecule has 0 bridgehead atoms. The molecule has 0 aliphatic carbocycles. The smallest absolute Gasteiger partial charge is 0.265 e. The number of amides is 1. The number of nitrogens with zero attached hydrogens (tertiary/aromatic N) is 4. The molecule has 3 rings (SSSR count). The van der Waals surface area contributed by atoms with E-state index in [4.69, 9.17) is 4.74 Å². The summed E-state index contributed by atoms with van der Waals surface area (Å²) in [6, 6.07) is 3.69. The fraction of sp³-hybridized carbons (Fsp3) is 0.467. The number of likely N-dealkylation sites (tertiary alicyclic amines) is 1. The summed E-state index contributed by atoms with van der Waals surface area (Å²) in [6.07, 6.45) is 1.80. The SMILES string of the molecule is Cc1ccc(O[C@@H]2CCCN(C(=O)c3scnc3C)C2)nn1. The lowest BCUT2D eigenvalue weighted by Gasteiger charge is -2.32. The molecule has 2 aromatic heterocycles. The van der Waals surface area contributed by atoms with E-state index in [1.807, 2.05) is 30.9 Å². The highest BCUT2D eigenvalue weighted by Gasteiger charge is 2.27. The molecule has 116 valence electrons. The molecule has 1 aliphatic heterocycles. The molecule has 0 radical (unpaired) electrons. The van der Waals surface area contributed by atoms with E-state index in [2.05, 4.69) is 15.2 Å². The highest BCUT2D eigenvalue weighted by Crippen LogP contribution is 2.21. The second-order valence-electron chi connectivity index (χ2n) is 5.41. The normalized spacial score (nSPS) is 18.3. The van der Waals surface area contributed by atoms with Crippen LogP contribution in [-0.2, 0) is 0 Å². The first kappa shape index (κ1) is 14.9. The van der Waals surface area contributed by atoms with Crippen molar-refractivity contribution in [3.05, 3.63) is 33.9 Å². The van der Waals surface area contributed by atoms with Gasteiger partial charge in [0.1, 0.15) is 11.0 Å². The van der Waals surface area contributed by atoms with Crippen LogP contribution in [0.3, 0.4) is 0 Å². The molecule has 1 amide bonds. The summed E-state index contributed by atoms with van der Waals surface area (Å²) in [7, 11) is 0. The number of carbonyl (C=O) groups excluding carboxylic acids is 1. The van der Waals surface area contributed by atoms with Crippen molar-refractivity contribution in [1.29, 1.82) is 0 Å². The van der Waals surface area contributed by atoms with Gasteiger partial charge in [0.15, 0.2) is 0 Å². The summed E-state index contributed by atoms with van der Waals surface area (Å²) in [5.74, 6) is 0.558. The highest BCUT2D eigenvalue weighted by atomic mass is 32.1. The number of hydrogen-bond donors (Lipinski definition) is 0. The van der Waals surface area contributed by atoms with E-state index in [9.17, 15) is 4.79 Å². The molecule has 2 aromatic rings. The van der Waals surface area contributed by atoms with E-state index in [1.54, 1.807) is 5.51 Å². The Labute approximate surface area is 133 Å². The van der Waals surface area contributed by atoms with E-state index in [0.717, 1.165) is 35.7 Å². The number of aryl methyl sites for hydroxylation is 2. The number of aromatic nitrogens is 3. The molecular formula is C15H18N4O2S. The summed E-state index contributed by atoms with van der Waals surface area (Å²) in [5, 5.41) is 8.01. The fourth-order valence-electron chi connectivity index (χ4n) is 2.49. The highest BCUT2D eigenvalue weighted by molar-refractivity contribution is 7.11. The van der Waals surface area contributed by atoms with E-state index in [0.29, 0.717) is 12.4 Å². The first-order valence-corrected chi connectivity index (χ1v) is 8.18.